The predicted molar refractivity (Wildman–Crippen MR) is 100 cm³/mol. The normalized spacial score (nSPS) is 13.9. The van der Waals surface area contributed by atoms with Gasteiger partial charge in [-0.15, -0.1) is 0 Å². The fraction of sp³-hybridized carbons (Fsp3) is 0.200. The van der Waals surface area contributed by atoms with Gasteiger partial charge in [-0.05, 0) is 36.4 Å². The van der Waals surface area contributed by atoms with Crippen molar-refractivity contribution < 1.29 is 18.8 Å². The van der Waals surface area contributed by atoms with Gasteiger partial charge < -0.3 is 9.73 Å². The molecule has 28 heavy (non-hydrogen) atoms. The van der Waals surface area contributed by atoms with E-state index in [-0.39, 0.29) is 30.6 Å². The number of rotatable bonds is 6. The summed E-state index contributed by atoms with van der Waals surface area (Å²) in [7, 11) is 0. The molecule has 1 aromatic carbocycles. The molecule has 142 valence electrons. The van der Waals surface area contributed by atoms with Gasteiger partial charge >= 0.3 is 0 Å². The molecular weight excluding hydrogens is 360 g/mol. The third-order valence-electron chi connectivity index (χ3n) is 4.50. The van der Waals surface area contributed by atoms with Crippen LogP contribution in [0.1, 0.15) is 23.2 Å². The number of benzene rings is 1. The van der Waals surface area contributed by atoms with E-state index >= 15 is 0 Å². The first-order valence-corrected chi connectivity index (χ1v) is 8.92. The first kappa shape index (κ1) is 17.7. The van der Waals surface area contributed by atoms with Crippen molar-refractivity contribution in [1.82, 2.24) is 15.1 Å². The molecule has 1 aliphatic heterocycles. The molecule has 0 radical (unpaired) electrons. The van der Waals surface area contributed by atoms with E-state index in [0.29, 0.717) is 24.3 Å². The Kier molecular flexibility index (Phi) is 4.76. The second-order valence-electron chi connectivity index (χ2n) is 6.40. The molecule has 8 heteroatoms. The molecule has 1 N–H and O–H groups in total. The standard InChI is InChI=1S/C20H18N4O4/c25-18-7-8-19(26)24(18)16-5-3-14(4-6-16)20(27)21-9-10-23-13-15(12-22-23)17-2-1-11-28-17/h1-6,11-13H,7-10H2,(H,21,27). The number of imide groups is 1. The van der Waals surface area contributed by atoms with Crippen LogP contribution in [-0.2, 0) is 16.1 Å². The van der Waals surface area contributed by atoms with Gasteiger partial charge in [0, 0.05) is 31.1 Å². The van der Waals surface area contributed by atoms with Crippen molar-refractivity contribution in [2.45, 2.75) is 19.4 Å². The van der Waals surface area contributed by atoms with E-state index in [0.717, 1.165) is 16.2 Å². The first-order valence-electron chi connectivity index (χ1n) is 8.92. The monoisotopic (exact) mass is 378 g/mol. The molecule has 0 unspecified atom stereocenters. The van der Waals surface area contributed by atoms with E-state index in [9.17, 15) is 14.4 Å². The highest BCUT2D eigenvalue weighted by Gasteiger charge is 2.30. The van der Waals surface area contributed by atoms with Gasteiger partial charge in [0.05, 0.1) is 30.3 Å². The summed E-state index contributed by atoms with van der Waals surface area (Å²) in [5, 5.41) is 7.07. The maximum Gasteiger partial charge on any atom is 0.251 e. The summed E-state index contributed by atoms with van der Waals surface area (Å²) >= 11 is 0. The van der Waals surface area contributed by atoms with Crippen LogP contribution in [0.5, 0.6) is 0 Å². The lowest BCUT2D eigenvalue weighted by Crippen LogP contribution is -2.29. The molecule has 1 aliphatic rings. The van der Waals surface area contributed by atoms with Gasteiger partial charge in [0.1, 0.15) is 5.76 Å². The number of nitrogens with one attached hydrogen (secondary N) is 1. The average Bonchev–Trinajstić information content (AvgIpc) is 3.44. The molecule has 8 nitrogen and oxygen atoms in total. The highest BCUT2D eigenvalue weighted by Crippen LogP contribution is 2.22. The van der Waals surface area contributed by atoms with E-state index in [2.05, 4.69) is 10.4 Å². The predicted octanol–water partition coefficient (Wildman–Crippen LogP) is 2.23. The third kappa shape index (κ3) is 3.57. The highest BCUT2D eigenvalue weighted by molar-refractivity contribution is 6.19. The lowest BCUT2D eigenvalue weighted by Gasteiger charge is -2.14. The lowest BCUT2D eigenvalue weighted by atomic mass is 10.2. The molecule has 2 aromatic heterocycles. The molecule has 1 fully saturated rings. The van der Waals surface area contributed by atoms with E-state index < -0.39 is 0 Å². The summed E-state index contributed by atoms with van der Waals surface area (Å²) < 4.78 is 7.05. The number of amides is 3. The molecule has 0 bridgehead atoms. The molecule has 0 saturated carbocycles. The SMILES string of the molecule is O=C(NCCn1cc(-c2ccco2)cn1)c1ccc(N2C(=O)CCC2=O)cc1. The van der Waals surface area contributed by atoms with Crippen LogP contribution in [0.4, 0.5) is 5.69 Å². The minimum Gasteiger partial charge on any atom is -0.464 e. The van der Waals surface area contributed by atoms with Crippen LogP contribution in [0.2, 0.25) is 0 Å². The minimum absolute atomic E-state index is 0.213. The van der Waals surface area contributed by atoms with Crippen LogP contribution in [-0.4, -0.2) is 34.0 Å². The minimum atomic E-state index is -0.232. The zero-order valence-electron chi connectivity index (χ0n) is 15.0. The summed E-state index contributed by atoms with van der Waals surface area (Å²) in [5.41, 5.74) is 1.82. The number of hydrogen-bond donors (Lipinski definition) is 1. The lowest BCUT2D eigenvalue weighted by molar-refractivity contribution is -0.121. The van der Waals surface area contributed by atoms with Gasteiger partial charge in [-0.2, -0.15) is 5.10 Å². The fourth-order valence-corrected chi connectivity index (χ4v) is 3.07. The van der Waals surface area contributed by atoms with Gasteiger partial charge in [0.2, 0.25) is 11.8 Å². The molecule has 3 amide bonds. The summed E-state index contributed by atoms with van der Waals surface area (Å²) in [4.78, 5) is 37.0. The van der Waals surface area contributed by atoms with Crippen molar-refractivity contribution in [3.05, 3.63) is 60.6 Å². The Morgan fingerprint density at radius 2 is 1.86 bits per heavy atom. The molecule has 3 aromatic rings. The Bertz CT molecular complexity index is 989. The fourth-order valence-electron chi connectivity index (χ4n) is 3.07. The molecule has 1 saturated heterocycles. The summed E-state index contributed by atoms with van der Waals surface area (Å²) in [6.45, 7) is 0.921. The third-order valence-corrected chi connectivity index (χ3v) is 4.50. The second kappa shape index (κ2) is 7.51. The summed E-state index contributed by atoms with van der Waals surface area (Å²) in [6.07, 6.45) is 5.63. The maximum atomic E-state index is 12.3. The van der Waals surface area contributed by atoms with Crippen molar-refractivity contribution in [2.24, 2.45) is 0 Å². The Morgan fingerprint density at radius 3 is 2.54 bits per heavy atom. The number of furan rings is 1. The Balaban J connectivity index is 1.32. The maximum absolute atomic E-state index is 12.3. The molecule has 0 aliphatic carbocycles. The van der Waals surface area contributed by atoms with Crippen LogP contribution in [0.25, 0.3) is 11.3 Å². The molecule has 4 rings (SSSR count). The largest absolute Gasteiger partial charge is 0.464 e. The van der Waals surface area contributed by atoms with E-state index in [4.69, 9.17) is 4.42 Å². The van der Waals surface area contributed by atoms with Crippen LogP contribution in [0.3, 0.4) is 0 Å². The number of aromatic nitrogens is 2. The van der Waals surface area contributed by atoms with Gasteiger partial charge in [0.15, 0.2) is 0 Å². The highest BCUT2D eigenvalue weighted by atomic mass is 16.3. The first-order chi connectivity index (χ1) is 13.6. The van der Waals surface area contributed by atoms with Crippen molar-refractivity contribution in [3.63, 3.8) is 0 Å². The van der Waals surface area contributed by atoms with Crippen LogP contribution in [0, 0.1) is 0 Å². The second-order valence-corrected chi connectivity index (χ2v) is 6.40. The van der Waals surface area contributed by atoms with Crippen LogP contribution in [0.15, 0.2) is 59.5 Å². The average molecular weight is 378 g/mol. The van der Waals surface area contributed by atoms with Crippen LogP contribution < -0.4 is 10.2 Å². The van der Waals surface area contributed by atoms with E-state index in [1.807, 2.05) is 18.3 Å². The van der Waals surface area contributed by atoms with Gasteiger partial charge in [0.25, 0.3) is 5.91 Å². The number of carbonyl (C=O) groups is 3. The topological polar surface area (TPSA) is 97.4 Å². The Hall–Kier alpha value is -3.68. The Labute approximate surface area is 160 Å². The number of nitrogens with zero attached hydrogens (tertiary/aromatic N) is 3. The summed E-state index contributed by atoms with van der Waals surface area (Å²) in [5.74, 6) is 0.0834. The zero-order valence-corrected chi connectivity index (χ0v) is 15.0. The Morgan fingerprint density at radius 1 is 1.11 bits per heavy atom. The van der Waals surface area contributed by atoms with E-state index in [1.54, 1.807) is 41.4 Å². The number of anilines is 1. The molecule has 3 heterocycles. The number of carbonyl (C=O) groups excluding carboxylic acids is 3. The quantitative estimate of drug-likeness (QED) is 0.664. The molecular formula is C20H18N4O4. The van der Waals surface area contributed by atoms with Crippen molar-refractivity contribution in [1.29, 1.82) is 0 Å². The number of hydrogen-bond acceptors (Lipinski definition) is 5. The van der Waals surface area contributed by atoms with Crippen LogP contribution >= 0.6 is 0 Å². The summed E-state index contributed by atoms with van der Waals surface area (Å²) in [6, 6.07) is 10.1. The van der Waals surface area contributed by atoms with E-state index in [1.165, 1.54) is 0 Å². The zero-order chi connectivity index (χ0) is 19.5. The van der Waals surface area contributed by atoms with Crippen molar-refractivity contribution in [2.75, 3.05) is 11.4 Å². The molecule has 0 spiro atoms. The molecule has 0 atom stereocenters. The van der Waals surface area contributed by atoms with Gasteiger partial charge in [-0.25, -0.2) is 0 Å². The van der Waals surface area contributed by atoms with Gasteiger partial charge in [-0.1, -0.05) is 0 Å². The van der Waals surface area contributed by atoms with Crippen molar-refractivity contribution >= 4 is 23.4 Å². The van der Waals surface area contributed by atoms with Gasteiger partial charge in [-0.3, -0.25) is 24.0 Å². The van der Waals surface area contributed by atoms with Crippen molar-refractivity contribution in [3.8, 4) is 11.3 Å². The smallest absolute Gasteiger partial charge is 0.251 e.